The lowest BCUT2D eigenvalue weighted by Crippen LogP contribution is -2.44. The van der Waals surface area contributed by atoms with Gasteiger partial charge in [-0.1, -0.05) is 45.0 Å². The van der Waals surface area contributed by atoms with Gasteiger partial charge in [0.2, 0.25) is 11.8 Å². The van der Waals surface area contributed by atoms with Gasteiger partial charge in [-0.3, -0.25) is 14.4 Å². The van der Waals surface area contributed by atoms with Crippen molar-refractivity contribution in [2.75, 3.05) is 7.05 Å². The third-order valence-corrected chi connectivity index (χ3v) is 4.42. The maximum absolute atomic E-state index is 13.3. The molecule has 1 aromatic carbocycles. The van der Waals surface area contributed by atoms with E-state index in [1.165, 1.54) is 45.0 Å². The monoisotopic (exact) mass is 380 g/mol. The second-order valence-corrected chi connectivity index (χ2v) is 6.87. The molecule has 0 fully saturated rings. The van der Waals surface area contributed by atoms with E-state index in [2.05, 4.69) is 5.32 Å². The van der Waals surface area contributed by atoms with Crippen molar-refractivity contribution in [2.45, 2.75) is 58.6 Å². The standard InChI is InChI=1S/C21H30N2O4/c1-12(2)19(25)17(24)10-13(3)20(26)22-18-16-9-7-6-8-15(16)11-14(4)23(5)21(18)27/h6-9,12-14,18-19,25H,10-11H2,1-5H3,(H,22,26)/t13-,14?,18+,19+/m1/s1/i11D2,13D,14D,18D,19D. The zero-order chi connectivity index (χ0) is 25.8. The minimum atomic E-state index is -2.59. The largest absolute Gasteiger partial charge is 0.385 e. The first-order valence-corrected chi connectivity index (χ1v) is 8.71. The van der Waals surface area contributed by atoms with Crippen LogP contribution < -0.4 is 5.32 Å². The van der Waals surface area contributed by atoms with Crippen LogP contribution in [0.15, 0.2) is 24.3 Å². The number of nitrogens with zero attached hydrogens (tertiary/aromatic N) is 1. The predicted molar refractivity (Wildman–Crippen MR) is 103 cm³/mol. The minimum absolute atomic E-state index is 0.140. The molecule has 6 heteroatoms. The van der Waals surface area contributed by atoms with E-state index in [1.807, 2.05) is 0 Å². The topological polar surface area (TPSA) is 86.7 Å². The number of rotatable bonds is 6. The molecule has 0 spiro atoms. The van der Waals surface area contributed by atoms with Gasteiger partial charge in [0.25, 0.3) is 0 Å². The summed E-state index contributed by atoms with van der Waals surface area (Å²) in [5, 5.41) is 12.3. The summed E-state index contributed by atoms with van der Waals surface area (Å²) in [5.74, 6) is -6.41. The van der Waals surface area contributed by atoms with Crippen LogP contribution >= 0.6 is 0 Å². The Balaban J connectivity index is 2.53. The van der Waals surface area contributed by atoms with Crippen LogP contribution in [0.25, 0.3) is 0 Å². The van der Waals surface area contributed by atoms with Gasteiger partial charge in [0.1, 0.15) is 12.1 Å². The number of hydrogen-bond acceptors (Lipinski definition) is 4. The van der Waals surface area contributed by atoms with Gasteiger partial charge < -0.3 is 15.3 Å². The van der Waals surface area contributed by atoms with Crippen molar-refractivity contribution in [3.63, 3.8) is 0 Å². The van der Waals surface area contributed by atoms with E-state index in [0.29, 0.717) is 0 Å². The van der Waals surface area contributed by atoms with Gasteiger partial charge in [-0.2, -0.15) is 0 Å². The Hall–Kier alpha value is -2.21. The molecule has 6 nitrogen and oxygen atoms in total. The van der Waals surface area contributed by atoms with Crippen LogP contribution in [0.3, 0.4) is 0 Å². The molecule has 1 heterocycles. The predicted octanol–water partition coefficient (Wildman–Crippen LogP) is 1.86. The van der Waals surface area contributed by atoms with E-state index in [-0.39, 0.29) is 11.1 Å². The fraction of sp³-hybridized carbons (Fsp3) is 0.571. The highest BCUT2D eigenvalue weighted by Crippen LogP contribution is 2.27. The molecule has 0 aromatic heterocycles. The van der Waals surface area contributed by atoms with Crippen LogP contribution in [0.5, 0.6) is 0 Å². The molecule has 4 atom stereocenters. The van der Waals surface area contributed by atoms with E-state index in [4.69, 9.17) is 8.22 Å². The lowest BCUT2D eigenvalue weighted by Gasteiger charge is -2.26. The molecule has 0 saturated carbocycles. The summed E-state index contributed by atoms with van der Waals surface area (Å²) in [5.41, 5.74) is -0.337. The number of Topliss-reactive ketones (excluding diaryl/α,β-unsaturated/α-hetero) is 1. The van der Waals surface area contributed by atoms with E-state index in [1.54, 1.807) is 0 Å². The molecule has 0 radical (unpaired) electrons. The van der Waals surface area contributed by atoms with Crippen LogP contribution in [-0.2, 0) is 20.8 Å². The summed E-state index contributed by atoms with van der Waals surface area (Å²) >= 11 is 0. The molecule has 0 saturated heterocycles. The van der Waals surface area contributed by atoms with Crippen molar-refractivity contribution in [3.05, 3.63) is 35.4 Å². The zero-order valence-corrected chi connectivity index (χ0v) is 16.2. The number of likely N-dealkylation sites (N-methyl/N-ethyl adjacent to an activating group) is 1. The second-order valence-electron chi connectivity index (χ2n) is 6.87. The Morgan fingerprint density at radius 2 is 2.04 bits per heavy atom. The molecular weight excluding hydrogens is 344 g/mol. The molecular formula is C21H30N2O4. The second kappa shape index (κ2) is 8.65. The average molecular weight is 381 g/mol. The highest BCUT2D eigenvalue weighted by Gasteiger charge is 2.34. The van der Waals surface area contributed by atoms with E-state index in [9.17, 15) is 19.5 Å². The summed E-state index contributed by atoms with van der Waals surface area (Å²) in [6.07, 6.45) is -5.79. The normalized spacial score (nSPS) is 34.9. The van der Waals surface area contributed by atoms with E-state index in [0.717, 1.165) is 18.9 Å². The van der Waals surface area contributed by atoms with Crippen molar-refractivity contribution >= 4 is 17.6 Å². The quantitative estimate of drug-likeness (QED) is 0.789. The highest BCUT2D eigenvalue weighted by atomic mass is 16.3. The van der Waals surface area contributed by atoms with Crippen molar-refractivity contribution in [1.29, 1.82) is 0 Å². The first kappa shape index (κ1) is 13.9. The Labute approximate surface area is 169 Å². The molecule has 0 aliphatic carbocycles. The number of aliphatic hydroxyl groups is 1. The van der Waals surface area contributed by atoms with Crippen molar-refractivity contribution in [1.82, 2.24) is 10.2 Å². The summed E-state index contributed by atoms with van der Waals surface area (Å²) in [6, 6.07) is 0.843. The summed E-state index contributed by atoms with van der Waals surface area (Å²) in [6.45, 7) is 5.12. The molecule has 2 amide bonds. The molecule has 27 heavy (non-hydrogen) atoms. The summed E-state index contributed by atoms with van der Waals surface area (Å²) < 4.78 is 50.6. The first-order chi connectivity index (χ1) is 14.7. The Kier molecular flexibility index (Phi) is 4.45. The maximum atomic E-state index is 13.3. The Morgan fingerprint density at radius 1 is 1.41 bits per heavy atom. The Bertz CT molecular complexity index is 979. The van der Waals surface area contributed by atoms with E-state index < -0.39 is 60.3 Å². The molecule has 2 N–H and O–H groups in total. The van der Waals surface area contributed by atoms with Gasteiger partial charge in [0.05, 0.1) is 4.11 Å². The minimum Gasteiger partial charge on any atom is -0.385 e. The number of ketones is 1. The number of carbonyl (C=O) groups is 3. The fourth-order valence-electron chi connectivity index (χ4n) is 2.60. The lowest BCUT2D eigenvalue weighted by atomic mass is 9.94. The molecule has 1 aromatic rings. The van der Waals surface area contributed by atoms with Gasteiger partial charge in [0.15, 0.2) is 5.78 Å². The van der Waals surface area contributed by atoms with Gasteiger partial charge in [0, 0.05) is 29.5 Å². The van der Waals surface area contributed by atoms with Crippen LogP contribution in [0.2, 0.25) is 0 Å². The number of fused-ring (bicyclic) bond motifs is 1. The first-order valence-electron chi connectivity index (χ1n) is 11.7. The number of benzene rings is 1. The smallest absolute Gasteiger partial charge is 0.249 e. The summed E-state index contributed by atoms with van der Waals surface area (Å²) in [7, 11) is 1.15. The van der Waals surface area contributed by atoms with Crippen LogP contribution in [0.1, 0.15) is 59.5 Å². The summed E-state index contributed by atoms with van der Waals surface area (Å²) in [4.78, 5) is 39.5. The van der Waals surface area contributed by atoms with Crippen molar-refractivity contribution in [3.8, 4) is 0 Å². The average Bonchev–Trinajstić information content (AvgIpc) is 2.73. The molecule has 1 aliphatic heterocycles. The SMILES string of the molecule is [2H]C1([2H])c2ccccc2[C@]([2H])(NC(=O)[C@]([2H])(C)CC(=O)[C@@]([2H])(O)C(C)C)C(=O)N(C)C1([2H])C. The van der Waals surface area contributed by atoms with Crippen LogP contribution in [0.4, 0.5) is 0 Å². The third-order valence-electron chi connectivity index (χ3n) is 4.42. The van der Waals surface area contributed by atoms with Crippen LogP contribution in [-0.4, -0.2) is 46.7 Å². The fourth-order valence-corrected chi connectivity index (χ4v) is 2.60. The number of nitrogens with one attached hydrogen (secondary N) is 1. The van der Waals surface area contributed by atoms with Crippen molar-refractivity contribution < 1.29 is 27.7 Å². The molecule has 1 aliphatic rings. The van der Waals surface area contributed by atoms with Gasteiger partial charge >= 0.3 is 0 Å². The van der Waals surface area contributed by atoms with Crippen molar-refractivity contribution in [2.24, 2.45) is 11.8 Å². The molecule has 0 bridgehead atoms. The zero-order valence-electron chi connectivity index (χ0n) is 22.2. The molecule has 1 unspecified atom stereocenters. The van der Waals surface area contributed by atoms with Gasteiger partial charge in [-0.15, -0.1) is 0 Å². The van der Waals surface area contributed by atoms with Gasteiger partial charge in [-0.05, 0) is 30.3 Å². The number of carbonyl (C=O) groups excluding carboxylic acids is 3. The maximum Gasteiger partial charge on any atom is 0.249 e. The number of hydrogen-bond donors (Lipinski definition) is 2. The molecule has 148 valence electrons. The molecule has 2 rings (SSSR count). The lowest BCUT2D eigenvalue weighted by molar-refractivity contribution is -0.138. The van der Waals surface area contributed by atoms with Crippen LogP contribution in [0, 0.1) is 11.8 Å². The van der Waals surface area contributed by atoms with E-state index >= 15 is 0 Å². The van der Waals surface area contributed by atoms with Gasteiger partial charge in [-0.25, -0.2) is 0 Å². The number of amides is 2. The Morgan fingerprint density at radius 3 is 2.67 bits per heavy atom. The third kappa shape index (κ3) is 4.75. The highest BCUT2D eigenvalue weighted by molar-refractivity contribution is 5.93.